The molecule has 12 aromatic rings. The van der Waals surface area contributed by atoms with Gasteiger partial charge in [-0.2, -0.15) is 5.26 Å². The van der Waals surface area contributed by atoms with E-state index in [9.17, 15) is 5.26 Å². The van der Waals surface area contributed by atoms with Crippen LogP contribution in [0.5, 0.6) is 0 Å². The van der Waals surface area contributed by atoms with E-state index in [-0.39, 0.29) is 5.41 Å². The van der Waals surface area contributed by atoms with E-state index in [2.05, 4.69) is 239 Å². The van der Waals surface area contributed by atoms with Gasteiger partial charge in [0.05, 0.1) is 11.6 Å². The minimum Gasteiger partial charge on any atom is -0.455 e. The highest BCUT2D eigenvalue weighted by molar-refractivity contribution is 6.11. The molecule has 11 aromatic carbocycles. The molecule has 2 aliphatic rings. The predicted molar refractivity (Wildman–Crippen MR) is 304 cm³/mol. The molecule has 2 aliphatic carbocycles. The second-order valence-electron chi connectivity index (χ2n) is 20.6. The quantitative estimate of drug-likeness (QED) is 0.177. The Kier molecular flexibility index (Phi) is 9.56. The highest BCUT2D eigenvalue weighted by atomic mass is 16.3. The summed E-state index contributed by atoms with van der Waals surface area (Å²) in [5.41, 5.74) is 29.2. The highest BCUT2D eigenvalue weighted by Crippen LogP contribution is 2.53. The zero-order valence-corrected chi connectivity index (χ0v) is 40.8. The van der Waals surface area contributed by atoms with Crippen LogP contribution in [0.2, 0.25) is 0 Å². The number of hydrogen-bond donors (Lipinski definition) is 0. The van der Waals surface area contributed by atoms with E-state index in [0.717, 1.165) is 83.1 Å². The third-order valence-electron chi connectivity index (χ3n) is 15.4. The lowest BCUT2D eigenvalue weighted by Gasteiger charge is -2.29. The molecule has 0 bridgehead atoms. The van der Waals surface area contributed by atoms with Gasteiger partial charge in [-0.05, 0) is 164 Å². The predicted octanol–water partition coefficient (Wildman–Crippen LogP) is 19.7. The first-order chi connectivity index (χ1) is 35.8. The van der Waals surface area contributed by atoms with Crippen LogP contribution in [0.15, 0.2) is 235 Å². The maximum absolute atomic E-state index is 10.4. The van der Waals surface area contributed by atoms with E-state index in [1.807, 2.05) is 18.2 Å². The lowest BCUT2D eigenvalue weighted by Crippen LogP contribution is -2.15. The number of fused-ring (bicyclic) bond motifs is 19. The van der Waals surface area contributed by atoms with Gasteiger partial charge in [-0.3, -0.25) is 0 Å². The number of hydrogen-bond acceptors (Lipinski definition) is 2. The number of benzene rings is 11. The van der Waals surface area contributed by atoms with Crippen molar-refractivity contribution in [2.45, 2.75) is 26.2 Å². The summed E-state index contributed by atoms with van der Waals surface area (Å²) in [6.45, 7) is 7.02. The normalized spacial score (nSPS) is 12.0. The Morgan fingerprint density at radius 3 is 1.10 bits per heavy atom. The van der Waals surface area contributed by atoms with Crippen molar-refractivity contribution in [1.29, 1.82) is 5.26 Å². The smallest absolute Gasteiger partial charge is 0.143 e. The Labute approximate surface area is 425 Å². The summed E-state index contributed by atoms with van der Waals surface area (Å²) < 4.78 is 6.59. The summed E-state index contributed by atoms with van der Waals surface area (Å²) in [4.78, 5) is 0. The molecule has 0 unspecified atom stereocenters. The SMILES string of the molecule is CC(C)(C)c1c(-c2ccc3c(c2)-c2ccccc2-c2ccccc2-c2ccccc2-3)cccc1-c1ccc2c(c1)-c1ccc(C#N)cc1-c1ccccc1-c1cc(-c3cccc4c3oc3ccccc34)ccc1-2. The fourth-order valence-electron chi connectivity index (χ4n) is 12.2. The zero-order chi connectivity index (χ0) is 49.0. The van der Waals surface area contributed by atoms with Crippen molar-refractivity contribution < 1.29 is 4.42 Å². The Bertz CT molecular complexity index is 4310. The van der Waals surface area contributed by atoms with Gasteiger partial charge in [0.25, 0.3) is 0 Å². The van der Waals surface area contributed by atoms with Gasteiger partial charge in [0.15, 0.2) is 0 Å². The Hall–Kier alpha value is -9.29. The lowest BCUT2D eigenvalue weighted by molar-refractivity contribution is 0.593. The molecular formula is C71H47NO. The fourth-order valence-corrected chi connectivity index (χ4v) is 12.2. The summed E-state index contributed by atoms with van der Waals surface area (Å²) in [5, 5.41) is 12.6. The van der Waals surface area contributed by atoms with E-state index in [0.29, 0.717) is 5.56 Å². The van der Waals surface area contributed by atoms with Crippen molar-refractivity contribution in [3.8, 4) is 128 Å². The molecule has 0 amide bonds. The number of rotatable bonds is 3. The van der Waals surface area contributed by atoms with Gasteiger partial charge in [-0.15, -0.1) is 0 Å². The molecule has 1 aromatic heterocycles. The summed E-state index contributed by atoms with van der Waals surface area (Å²) in [5.74, 6) is 0. The van der Waals surface area contributed by atoms with Gasteiger partial charge >= 0.3 is 0 Å². The first kappa shape index (κ1) is 42.6. The first-order valence-corrected chi connectivity index (χ1v) is 25.2. The average Bonchev–Trinajstić information content (AvgIpc) is 3.82. The maximum Gasteiger partial charge on any atom is 0.143 e. The zero-order valence-electron chi connectivity index (χ0n) is 40.8. The van der Waals surface area contributed by atoms with Crippen LogP contribution in [0, 0.1) is 11.3 Å². The van der Waals surface area contributed by atoms with Crippen molar-refractivity contribution in [1.82, 2.24) is 0 Å². The topological polar surface area (TPSA) is 36.9 Å². The van der Waals surface area contributed by atoms with Crippen molar-refractivity contribution in [3.63, 3.8) is 0 Å². The second-order valence-corrected chi connectivity index (χ2v) is 20.6. The van der Waals surface area contributed by atoms with Crippen LogP contribution < -0.4 is 0 Å². The molecule has 0 saturated heterocycles. The molecule has 0 fully saturated rings. The van der Waals surface area contributed by atoms with Crippen LogP contribution in [0.3, 0.4) is 0 Å². The molecule has 2 heteroatoms. The van der Waals surface area contributed by atoms with E-state index < -0.39 is 0 Å². The van der Waals surface area contributed by atoms with Crippen LogP contribution in [0.4, 0.5) is 0 Å². The number of furan rings is 1. The fraction of sp³-hybridized carbons (Fsp3) is 0.0563. The van der Waals surface area contributed by atoms with E-state index in [4.69, 9.17) is 4.42 Å². The molecule has 1 heterocycles. The second kappa shape index (κ2) is 16.4. The molecule has 0 radical (unpaired) electrons. The number of nitriles is 1. The van der Waals surface area contributed by atoms with Crippen LogP contribution in [-0.4, -0.2) is 0 Å². The lowest BCUT2D eigenvalue weighted by atomic mass is 9.75. The molecular weight excluding hydrogens is 883 g/mol. The molecule has 14 rings (SSSR count). The van der Waals surface area contributed by atoms with Gasteiger partial charge in [-0.25, -0.2) is 0 Å². The van der Waals surface area contributed by atoms with Crippen LogP contribution in [0.1, 0.15) is 31.9 Å². The molecule has 0 saturated carbocycles. The molecule has 342 valence electrons. The third-order valence-corrected chi connectivity index (χ3v) is 15.4. The van der Waals surface area contributed by atoms with E-state index in [1.54, 1.807) is 0 Å². The van der Waals surface area contributed by atoms with Gasteiger partial charge in [0.1, 0.15) is 11.2 Å². The van der Waals surface area contributed by atoms with E-state index in [1.165, 1.54) is 66.8 Å². The summed E-state index contributed by atoms with van der Waals surface area (Å²) in [7, 11) is 0. The Morgan fingerprint density at radius 2 is 0.630 bits per heavy atom. The molecule has 0 aliphatic heterocycles. The standard InChI is InChI=1S/C71H47NO/c1-71(2,3)69-47(44-31-35-58-54-20-7-6-18-52(54)50-16-4-5-17-51(50)53-19-8-9-21-55(53)65(58)39-44)25-14-26-48(69)45-32-36-60-59-37-33-46(49-27-15-28-63-62-24-12-13-29-68(62)73-70(49)63)41-66(59)57-23-11-10-22-56(57)64-38-43(42-72)30-34-61(64)67(60)40-45/h4-41H,1-3H3. The summed E-state index contributed by atoms with van der Waals surface area (Å²) in [6, 6.07) is 86.6. The first-order valence-electron chi connectivity index (χ1n) is 25.2. The maximum atomic E-state index is 10.4. The van der Waals surface area contributed by atoms with Gasteiger partial charge < -0.3 is 4.42 Å². The summed E-state index contributed by atoms with van der Waals surface area (Å²) >= 11 is 0. The molecule has 2 nitrogen and oxygen atoms in total. The number of nitrogens with zero attached hydrogens (tertiary/aromatic N) is 1. The van der Waals surface area contributed by atoms with Gasteiger partial charge in [0.2, 0.25) is 0 Å². The molecule has 0 atom stereocenters. The molecule has 0 spiro atoms. The van der Waals surface area contributed by atoms with Gasteiger partial charge in [0, 0.05) is 16.3 Å². The van der Waals surface area contributed by atoms with Crippen LogP contribution in [0.25, 0.3) is 144 Å². The monoisotopic (exact) mass is 929 g/mol. The Balaban J connectivity index is 0.972. The summed E-state index contributed by atoms with van der Waals surface area (Å²) in [6.07, 6.45) is 0. The minimum absolute atomic E-state index is 0.228. The van der Waals surface area contributed by atoms with Gasteiger partial charge in [-0.1, -0.05) is 215 Å². The highest BCUT2D eigenvalue weighted by Gasteiger charge is 2.29. The largest absolute Gasteiger partial charge is 0.455 e. The average molecular weight is 930 g/mol. The van der Waals surface area contributed by atoms with E-state index >= 15 is 0 Å². The number of para-hydroxylation sites is 2. The van der Waals surface area contributed by atoms with Crippen molar-refractivity contribution in [2.75, 3.05) is 0 Å². The molecule has 0 N–H and O–H groups in total. The van der Waals surface area contributed by atoms with Crippen molar-refractivity contribution in [2.24, 2.45) is 0 Å². The van der Waals surface area contributed by atoms with Crippen LogP contribution in [-0.2, 0) is 5.41 Å². The van der Waals surface area contributed by atoms with Crippen molar-refractivity contribution >= 4 is 21.9 Å². The minimum atomic E-state index is -0.228. The van der Waals surface area contributed by atoms with Crippen LogP contribution >= 0.6 is 0 Å². The van der Waals surface area contributed by atoms with Crippen molar-refractivity contribution in [3.05, 3.63) is 242 Å². The third kappa shape index (κ3) is 6.70. The molecule has 73 heavy (non-hydrogen) atoms. The Morgan fingerprint density at radius 1 is 0.301 bits per heavy atom.